The van der Waals surface area contributed by atoms with Gasteiger partial charge in [-0.2, -0.15) is 0 Å². The molecular weight excluding hydrogens is 453 g/mol. The SMILES string of the molecule is CCOc1cc(C=C2SC(=O)N(CCOc3ccc(F)cc3)C2=O)ccc1OCC(=O)OC. The van der Waals surface area contributed by atoms with Crippen LogP contribution < -0.4 is 14.2 Å². The molecule has 1 aliphatic rings. The molecular formula is C23H22FNO7S. The van der Waals surface area contributed by atoms with Gasteiger partial charge in [0.15, 0.2) is 18.1 Å². The molecule has 0 spiro atoms. The van der Waals surface area contributed by atoms with Gasteiger partial charge in [-0.05, 0) is 66.7 Å². The minimum Gasteiger partial charge on any atom is -0.492 e. The second-order valence-electron chi connectivity index (χ2n) is 6.64. The number of halogens is 1. The van der Waals surface area contributed by atoms with Crippen LogP contribution in [-0.2, 0) is 14.3 Å². The summed E-state index contributed by atoms with van der Waals surface area (Å²) in [6.45, 7) is 2.04. The Labute approximate surface area is 194 Å². The van der Waals surface area contributed by atoms with Crippen molar-refractivity contribution in [2.45, 2.75) is 6.92 Å². The van der Waals surface area contributed by atoms with Crippen molar-refractivity contribution in [3.05, 3.63) is 58.8 Å². The molecule has 1 saturated heterocycles. The van der Waals surface area contributed by atoms with E-state index < -0.39 is 17.1 Å². The van der Waals surface area contributed by atoms with Gasteiger partial charge in [-0.25, -0.2) is 9.18 Å². The first kappa shape index (κ1) is 24.1. The zero-order chi connectivity index (χ0) is 23.8. The molecule has 0 atom stereocenters. The summed E-state index contributed by atoms with van der Waals surface area (Å²) in [5.41, 5.74) is 0.622. The number of imide groups is 1. The first-order chi connectivity index (χ1) is 15.9. The smallest absolute Gasteiger partial charge is 0.343 e. The van der Waals surface area contributed by atoms with E-state index in [0.717, 1.165) is 16.7 Å². The molecule has 1 heterocycles. The van der Waals surface area contributed by atoms with Crippen molar-refractivity contribution < 1.29 is 37.7 Å². The van der Waals surface area contributed by atoms with Gasteiger partial charge in [-0.1, -0.05) is 6.07 Å². The molecule has 2 aromatic rings. The number of rotatable bonds is 10. The van der Waals surface area contributed by atoms with Gasteiger partial charge in [-0.3, -0.25) is 14.5 Å². The van der Waals surface area contributed by atoms with E-state index >= 15 is 0 Å². The Bertz CT molecular complexity index is 1060. The molecule has 10 heteroatoms. The molecule has 33 heavy (non-hydrogen) atoms. The molecule has 0 N–H and O–H groups in total. The van der Waals surface area contributed by atoms with Crippen molar-refractivity contribution in [1.82, 2.24) is 4.90 Å². The summed E-state index contributed by atoms with van der Waals surface area (Å²) < 4.78 is 34.0. The Morgan fingerprint density at radius 3 is 2.52 bits per heavy atom. The number of thioether (sulfide) groups is 1. The maximum Gasteiger partial charge on any atom is 0.343 e. The van der Waals surface area contributed by atoms with Crippen LogP contribution in [0.25, 0.3) is 6.08 Å². The van der Waals surface area contributed by atoms with E-state index in [-0.39, 0.29) is 30.5 Å². The number of carbonyl (C=O) groups excluding carboxylic acids is 3. The molecule has 3 rings (SSSR count). The summed E-state index contributed by atoms with van der Waals surface area (Å²) in [7, 11) is 1.26. The van der Waals surface area contributed by atoms with E-state index in [1.807, 2.05) is 0 Å². The van der Waals surface area contributed by atoms with Crippen LogP contribution in [0.2, 0.25) is 0 Å². The molecule has 0 unspecified atom stereocenters. The third-order valence-corrected chi connectivity index (χ3v) is 5.32. The number of hydrogen-bond donors (Lipinski definition) is 0. The van der Waals surface area contributed by atoms with Gasteiger partial charge < -0.3 is 18.9 Å². The van der Waals surface area contributed by atoms with Crippen molar-refractivity contribution in [1.29, 1.82) is 0 Å². The summed E-state index contributed by atoms with van der Waals surface area (Å²) in [5.74, 6) is -0.159. The fourth-order valence-electron chi connectivity index (χ4n) is 2.83. The molecule has 174 valence electrons. The first-order valence-corrected chi connectivity index (χ1v) is 10.8. The van der Waals surface area contributed by atoms with E-state index in [0.29, 0.717) is 29.4 Å². The molecule has 0 saturated carbocycles. The Morgan fingerprint density at radius 2 is 1.82 bits per heavy atom. The van der Waals surface area contributed by atoms with Gasteiger partial charge in [0.1, 0.15) is 18.2 Å². The highest BCUT2D eigenvalue weighted by Crippen LogP contribution is 2.34. The van der Waals surface area contributed by atoms with E-state index in [1.54, 1.807) is 31.2 Å². The minimum atomic E-state index is -0.529. The average Bonchev–Trinajstić information content (AvgIpc) is 3.07. The lowest BCUT2D eigenvalue weighted by Crippen LogP contribution is -2.32. The second-order valence-corrected chi connectivity index (χ2v) is 7.63. The zero-order valence-electron chi connectivity index (χ0n) is 18.0. The van der Waals surface area contributed by atoms with Crippen LogP contribution in [0.5, 0.6) is 17.2 Å². The predicted molar refractivity (Wildman–Crippen MR) is 120 cm³/mol. The Hall–Kier alpha value is -3.53. The number of amides is 2. The summed E-state index contributed by atoms with van der Waals surface area (Å²) in [6.07, 6.45) is 1.58. The number of methoxy groups -OCH3 is 1. The molecule has 8 nitrogen and oxygen atoms in total. The molecule has 1 aliphatic heterocycles. The maximum absolute atomic E-state index is 13.0. The van der Waals surface area contributed by atoms with Crippen LogP contribution in [0.1, 0.15) is 12.5 Å². The van der Waals surface area contributed by atoms with Gasteiger partial charge in [0.2, 0.25) is 0 Å². The van der Waals surface area contributed by atoms with Gasteiger partial charge in [0.25, 0.3) is 11.1 Å². The summed E-state index contributed by atoms with van der Waals surface area (Å²) in [6, 6.07) is 10.4. The van der Waals surface area contributed by atoms with Crippen molar-refractivity contribution in [3.8, 4) is 17.2 Å². The molecule has 2 amide bonds. The second kappa shape index (κ2) is 11.4. The molecule has 0 aliphatic carbocycles. The lowest BCUT2D eigenvalue weighted by atomic mass is 10.2. The molecule has 1 fully saturated rings. The normalized spacial score (nSPS) is 14.5. The summed E-state index contributed by atoms with van der Waals surface area (Å²) in [4.78, 5) is 37.7. The number of nitrogens with zero attached hydrogens (tertiary/aromatic N) is 1. The lowest BCUT2D eigenvalue weighted by molar-refractivity contribution is -0.142. The van der Waals surface area contributed by atoms with Crippen LogP contribution >= 0.6 is 11.8 Å². The van der Waals surface area contributed by atoms with E-state index in [2.05, 4.69) is 4.74 Å². The number of benzene rings is 2. The van der Waals surface area contributed by atoms with E-state index in [4.69, 9.17) is 14.2 Å². The van der Waals surface area contributed by atoms with Crippen LogP contribution in [0.3, 0.4) is 0 Å². The third kappa shape index (κ3) is 6.48. The van der Waals surface area contributed by atoms with Crippen LogP contribution in [0.4, 0.5) is 9.18 Å². The topological polar surface area (TPSA) is 91.4 Å². The molecule has 0 radical (unpaired) electrons. The van der Waals surface area contributed by atoms with Crippen molar-refractivity contribution >= 4 is 35.0 Å². The van der Waals surface area contributed by atoms with Crippen LogP contribution in [0, 0.1) is 5.82 Å². The van der Waals surface area contributed by atoms with E-state index in [1.165, 1.54) is 31.4 Å². The van der Waals surface area contributed by atoms with Gasteiger partial charge in [0.05, 0.1) is 25.2 Å². The highest BCUT2D eigenvalue weighted by molar-refractivity contribution is 8.18. The Morgan fingerprint density at radius 1 is 1.06 bits per heavy atom. The molecule has 2 aromatic carbocycles. The van der Waals surface area contributed by atoms with Gasteiger partial charge >= 0.3 is 5.97 Å². The first-order valence-electron chi connectivity index (χ1n) is 10.0. The van der Waals surface area contributed by atoms with Gasteiger partial charge in [-0.15, -0.1) is 0 Å². The number of carbonyl (C=O) groups is 3. The number of ether oxygens (including phenoxy) is 4. The van der Waals surface area contributed by atoms with Crippen molar-refractivity contribution in [3.63, 3.8) is 0 Å². The van der Waals surface area contributed by atoms with Gasteiger partial charge in [0, 0.05) is 0 Å². The Kier molecular flexibility index (Phi) is 8.31. The summed E-state index contributed by atoms with van der Waals surface area (Å²) in [5, 5.41) is -0.406. The number of esters is 1. The fraction of sp³-hybridized carbons (Fsp3) is 0.261. The molecule has 0 aromatic heterocycles. The highest BCUT2D eigenvalue weighted by atomic mass is 32.2. The van der Waals surface area contributed by atoms with Crippen molar-refractivity contribution in [2.75, 3.05) is 33.5 Å². The largest absolute Gasteiger partial charge is 0.492 e. The lowest BCUT2D eigenvalue weighted by Gasteiger charge is -2.13. The number of hydrogen-bond acceptors (Lipinski definition) is 8. The quantitative estimate of drug-likeness (QED) is 0.378. The monoisotopic (exact) mass is 475 g/mol. The third-order valence-electron chi connectivity index (χ3n) is 4.41. The zero-order valence-corrected chi connectivity index (χ0v) is 18.9. The van der Waals surface area contributed by atoms with Crippen LogP contribution in [-0.4, -0.2) is 55.5 Å². The average molecular weight is 475 g/mol. The fourth-order valence-corrected chi connectivity index (χ4v) is 3.69. The summed E-state index contributed by atoms with van der Waals surface area (Å²) >= 11 is 0.826. The van der Waals surface area contributed by atoms with E-state index in [9.17, 15) is 18.8 Å². The predicted octanol–water partition coefficient (Wildman–Crippen LogP) is 3.89. The molecule has 0 bridgehead atoms. The Balaban J connectivity index is 1.66. The maximum atomic E-state index is 13.0. The highest BCUT2D eigenvalue weighted by Gasteiger charge is 2.34. The van der Waals surface area contributed by atoms with Crippen LogP contribution in [0.15, 0.2) is 47.4 Å². The van der Waals surface area contributed by atoms with Crippen molar-refractivity contribution in [2.24, 2.45) is 0 Å². The standard InChI is InChI=1S/C23H22FNO7S/c1-3-30-19-12-15(4-9-18(19)32-14-21(26)29-2)13-20-22(27)25(23(28)33-20)10-11-31-17-7-5-16(24)6-8-17/h4-9,12-13H,3,10-11,14H2,1-2H3. The minimum absolute atomic E-state index is 0.0594.